The third kappa shape index (κ3) is 5.14. The predicted molar refractivity (Wildman–Crippen MR) is 144 cm³/mol. The van der Waals surface area contributed by atoms with Crippen LogP contribution in [0.1, 0.15) is 30.3 Å². The zero-order valence-corrected chi connectivity index (χ0v) is 20.9. The lowest BCUT2D eigenvalue weighted by molar-refractivity contribution is 0.137. The molecule has 1 aromatic carbocycles. The van der Waals surface area contributed by atoms with Gasteiger partial charge in [-0.3, -0.25) is 10.3 Å². The molecule has 6 rings (SSSR count). The molecule has 0 aliphatic carbocycles. The van der Waals surface area contributed by atoms with Crippen LogP contribution in [0.4, 0.5) is 10.2 Å². The van der Waals surface area contributed by atoms with Gasteiger partial charge >= 0.3 is 0 Å². The number of likely N-dealkylation sites (tertiary alicyclic amines) is 1. The van der Waals surface area contributed by atoms with E-state index in [1.165, 1.54) is 6.07 Å². The molecular weight excluding hydrogens is 467 g/mol. The number of halogens is 1. The smallest absolute Gasteiger partial charge is 0.130 e. The Morgan fingerprint density at radius 1 is 1.05 bits per heavy atom. The Hall–Kier alpha value is -3.56. The van der Waals surface area contributed by atoms with Crippen LogP contribution in [-0.2, 0) is 0 Å². The average Bonchev–Trinajstić information content (AvgIpc) is 3.57. The second-order valence-electron chi connectivity index (χ2n) is 10.0. The maximum absolute atomic E-state index is 13.7. The van der Waals surface area contributed by atoms with E-state index < -0.39 is 0 Å². The zero-order chi connectivity index (χ0) is 25.2. The number of hydrogen-bond acceptors (Lipinski definition) is 6. The highest BCUT2D eigenvalue weighted by Gasteiger charge is 2.29. The molecule has 0 amide bonds. The number of H-pyrrole nitrogens is 1. The van der Waals surface area contributed by atoms with Crippen LogP contribution in [0.2, 0.25) is 0 Å². The van der Waals surface area contributed by atoms with Gasteiger partial charge in [-0.15, -0.1) is 0 Å². The van der Waals surface area contributed by atoms with Gasteiger partial charge in [0.2, 0.25) is 0 Å². The van der Waals surface area contributed by atoms with Gasteiger partial charge < -0.3 is 20.1 Å². The summed E-state index contributed by atoms with van der Waals surface area (Å²) in [4.78, 5) is 19.7. The second-order valence-corrected chi connectivity index (χ2v) is 10.0. The number of hydrogen-bond donors (Lipinski definition) is 3. The molecule has 2 aromatic heterocycles. The second kappa shape index (κ2) is 10.4. The number of imidazole rings is 1. The summed E-state index contributed by atoms with van der Waals surface area (Å²) in [5.74, 6) is 1.84. The summed E-state index contributed by atoms with van der Waals surface area (Å²) in [6, 6.07) is 13.6. The molecule has 8 nitrogen and oxygen atoms in total. The fourth-order valence-corrected chi connectivity index (χ4v) is 5.52. The van der Waals surface area contributed by atoms with Crippen LogP contribution in [0.15, 0.2) is 54.7 Å². The highest BCUT2D eigenvalue weighted by atomic mass is 19.1. The maximum atomic E-state index is 13.7. The van der Waals surface area contributed by atoms with E-state index in [-0.39, 0.29) is 11.9 Å². The summed E-state index contributed by atoms with van der Waals surface area (Å²) < 4.78 is 13.7. The molecule has 3 aliphatic heterocycles. The van der Waals surface area contributed by atoms with Crippen LogP contribution in [-0.4, -0.2) is 82.4 Å². The van der Waals surface area contributed by atoms with Crippen LogP contribution < -0.4 is 10.2 Å². The molecule has 1 atom stereocenters. The van der Waals surface area contributed by atoms with Crippen molar-refractivity contribution in [3.63, 3.8) is 0 Å². The van der Waals surface area contributed by atoms with Crippen molar-refractivity contribution in [2.24, 2.45) is 0 Å². The Morgan fingerprint density at radius 3 is 2.68 bits per heavy atom. The number of aromatic nitrogens is 3. The standard InChI is InChI=1S/C28H33FN8/c29-21-5-1-4-20(16-21)25-7-3-11-37(25)26(30)9-10-27-32-19-24(33-27)23-6-2-8-28(34-23)36-14-12-35(13-15-36)22-17-31-18-22/h1-2,4-6,8-10,16,19,22,25,30-31H,3,7,11-15,17-18H2,(H,32,33). The van der Waals surface area contributed by atoms with E-state index in [4.69, 9.17) is 10.4 Å². The van der Waals surface area contributed by atoms with Crippen LogP contribution in [0, 0.1) is 11.2 Å². The number of amidine groups is 1. The van der Waals surface area contributed by atoms with Gasteiger partial charge in [0, 0.05) is 51.9 Å². The fraction of sp³-hybridized carbons (Fsp3) is 0.393. The largest absolute Gasteiger partial charge is 0.354 e. The van der Waals surface area contributed by atoms with E-state index in [0.29, 0.717) is 17.7 Å². The first-order chi connectivity index (χ1) is 18.1. The Bertz CT molecular complexity index is 1270. The van der Waals surface area contributed by atoms with Crippen molar-refractivity contribution in [3.05, 3.63) is 71.9 Å². The van der Waals surface area contributed by atoms with E-state index in [2.05, 4.69) is 31.2 Å². The van der Waals surface area contributed by atoms with Crippen molar-refractivity contribution < 1.29 is 4.39 Å². The molecule has 0 saturated carbocycles. The molecule has 5 heterocycles. The molecule has 0 bridgehead atoms. The number of pyridine rings is 1. The molecular formula is C28H33FN8. The minimum absolute atomic E-state index is 0.0270. The quantitative estimate of drug-likeness (QED) is 0.355. The normalized spacial score (nSPS) is 21.1. The van der Waals surface area contributed by atoms with E-state index in [9.17, 15) is 4.39 Å². The van der Waals surface area contributed by atoms with Gasteiger partial charge in [-0.1, -0.05) is 18.2 Å². The SMILES string of the molecule is N=C(C=Cc1ncc(-c2cccc(N3CCN(C4CNC4)CC3)n2)[nH]1)N1CCCC1c1cccc(F)c1. The molecule has 1 unspecified atom stereocenters. The number of nitrogens with zero attached hydrogens (tertiary/aromatic N) is 5. The summed E-state index contributed by atoms with van der Waals surface area (Å²) in [6.45, 7) is 7.11. The molecule has 37 heavy (non-hydrogen) atoms. The number of aromatic amines is 1. The van der Waals surface area contributed by atoms with Gasteiger partial charge in [0.15, 0.2) is 0 Å². The van der Waals surface area contributed by atoms with Crippen LogP contribution in [0.25, 0.3) is 17.5 Å². The Kier molecular flexibility index (Phi) is 6.72. The first-order valence-corrected chi connectivity index (χ1v) is 13.1. The summed E-state index contributed by atoms with van der Waals surface area (Å²) in [7, 11) is 0. The highest BCUT2D eigenvalue weighted by Crippen LogP contribution is 2.32. The Balaban J connectivity index is 1.10. The lowest BCUT2D eigenvalue weighted by Gasteiger charge is -2.43. The molecule has 3 fully saturated rings. The molecule has 192 valence electrons. The monoisotopic (exact) mass is 500 g/mol. The number of anilines is 1. The van der Waals surface area contributed by atoms with Gasteiger partial charge in [-0.2, -0.15) is 0 Å². The van der Waals surface area contributed by atoms with Gasteiger partial charge in [0.05, 0.1) is 23.6 Å². The average molecular weight is 501 g/mol. The summed E-state index contributed by atoms with van der Waals surface area (Å²) in [5.41, 5.74) is 2.63. The molecule has 3 aliphatic rings. The van der Waals surface area contributed by atoms with Crippen molar-refractivity contribution >= 4 is 17.7 Å². The molecule has 3 aromatic rings. The number of piperazine rings is 1. The summed E-state index contributed by atoms with van der Waals surface area (Å²) >= 11 is 0. The van der Waals surface area contributed by atoms with E-state index in [0.717, 1.165) is 81.4 Å². The minimum atomic E-state index is -0.235. The first-order valence-electron chi connectivity index (χ1n) is 13.1. The van der Waals surface area contributed by atoms with Gasteiger partial charge in [-0.05, 0) is 54.8 Å². The van der Waals surface area contributed by atoms with E-state index >= 15 is 0 Å². The zero-order valence-electron chi connectivity index (χ0n) is 20.9. The lowest BCUT2D eigenvalue weighted by atomic mass is 10.0. The highest BCUT2D eigenvalue weighted by molar-refractivity contribution is 5.94. The van der Waals surface area contributed by atoms with Crippen molar-refractivity contribution in [2.75, 3.05) is 50.7 Å². The lowest BCUT2D eigenvalue weighted by Crippen LogP contribution is -2.61. The molecule has 0 spiro atoms. The van der Waals surface area contributed by atoms with Crippen molar-refractivity contribution in [1.29, 1.82) is 5.41 Å². The van der Waals surface area contributed by atoms with Crippen molar-refractivity contribution in [3.8, 4) is 11.4 Å². The number of nitrogens with one attached hydrogen (secondary N) is 3. The predicted octanol–water partition coefficient (Wildman–Crippen LogP) is 3.53. The first kappa shape index (κ1) is 23.8. The molecule has 3 N–H and O–H groups in total. The van der Waals surface area contributed by atoms with E-state index in [1.807, 2.05) is 29.2 Å². The minimum Gasteiger partial charge on any atom is -0.354 e. The van der Waals surface area contributed by atoms with Crippen LogP contribution in [0.3, 0.4) is 0 Å². The van der Waals surface area contributed by atoms with E-state index in [1.54, 1.807) is 24.4 Å². The van der Waals surface area contributed by atoms with Crippen molar-refractivity contribution in [2.45, 2.75) is 24.9 Å². The maximum Gasteiger partial charge on any atom is 0.130 e. The van der Waals surface area contributed by atoms with Gasteiger partial charge in [0.25, 0.3) is 0 Å². The third-order valence-corrected chi connectivity index (χ3v) is 7.72. The van der Waals surface area contributed by atoms with Gasteiger partial charge in [-0.25, -0.2) is 14.4 Å². The molecule has 3 saturated heterocycles. The molecule has 0 radical (unpaired) electrons. The Labute approximate surface area is 216 Å². The summed E-state index contributed by atoms with van der Waals surface area (Å²) in [6.07, 6.45) is 7.28. The fourth-order valence-electron chi connectivity index (χ4n) is 5.52. The Morgan fingerprint density at radius 2 is 1.89 bits per heavy atom. The van der Waals surface area contributed by atoms with Gasteiger partial charge in [0.1, 0.15) is 23.3 Å². The van der Waals surface area contributed by atoms with Crippen LogP contribution in [0.5, 0.6) is 0 Å². The third-order valence-electron chi connectivity index (χ3n) is 7.72. The topological polar surface area (TPSA) is 87.2 Å². The number of benzene rings is 1. The van der Waals surface area contributed by atoms with Crippen LogP contribution >= 0.6 is 0 Å². The summed E-state index contributed by atoms with van der Waals surface area (Å²) in [5, 5.41) is 12.0. The number of rotatable bonds is 6. The molecule has 9 heteroatoms. The van der Waals surface area contributed by atoms with Crippen molar-refractivity contribution in [1.82, 2.24) is 30.1 Å².